The Balaban J connectivity index is 1.43. The van der Waals surface area contributed by atoms with E-state index >= 15 is 0 Å². The van der Waals surface area contributed by atoms with Gasteiger partial charge in [0, 0.05) is 26.2 Å². The van der Waals surface area contributed by atoms with E-state index in [1.54, 1.807) is 6.07 Å². The van der Waals surface area contributed by atoms with E-state index in [4.69, 9.17) is 0 Å². The van der Waals surface area contributed by atoms with Gasteiger partial charge in [-0.1, -0.05) is 35.9 Å². The molecule has 1 saturated carbocycles. The molecule has 0 aromatic heterocycles. The summed E-state index contributed by atoms with van der Waals surface area (Å²) in [4.78, 5) is 14.0. The summed E-state index contributed by atoms with van der Waals surface area (Å²) < 4.78 is 12.4. The summed E-state index contributed by atoms with van der Waals surface area (Å²) in [5.41, 5.74) is 7.99. The lowest BCUT2D eigenvalue weighted by atomic mass is 9.83. The fraction of sp³-hybridized carbons (Fsp3) is 0.516. The molecule has 1 saturated heterocycles. The third-order valence-corrected chi connectivity index (χ3v) is 8.53. The number of halogens is 1. The maximum absolute atomic E-state index is 12.4. The molecule has 2 aromatic carbocycles. The number of aliphatic hydroxyl groups is 1. The highest BCUT2D eigenvalue weighted by molar-refractivity contribution is 5.90. The van der Waals surface area contributed by atoms with Gasteiger partial charge in [-0.15, -0.1) is 0 Å². The van der Waals surface area contributed by atoms with Crippen LogP contribution < -0.4 is 0 Å². The number of rotatable bonds is 9. The van der Waals surface area contributed by atoms with Gasteiger partial charge in [-0.3, -0.25) is 4.39 Å². The second-order valence-corrected chi connectivity index (χ2v) is 11.1. The van der Waals surface area contributed by atoms with Crippen LogP contribution in [0, 0.1) is 17.8 Å². The lowest BCUT2D eigenvalue weighted by molar-refractivity contribution is 0.0696. The smallest absolute Gasteiger partial charge is 0.335 e. The molecule has 1 aliphatic heterocycles. The maximum Gasteiger partial charge on any atom is 0.335 e. The molecule has 3 aliphatic rings. The second kappa shape index (κ2) is 11.3. The third kappa shape index (κ3) is 5.42. The summed E-state index contributed by atoms with van der Waals surface area (Å²) in [5, 5.41) is 19.3. The van der Waals surface area contributed by atoms with Gasteiger partial charge < -0.3 is 15.1 Å². The molecule has 5 heteroatoms. The van der Waals surface area contributed by atoms with Crippen molar-refractivity contribution in [1.82, 2.24) is 4.90 Å². The average molecular weight is 492 g/mol. The lowest BCUT2D eigenvalue weighted by Gasteiger charge is -2.39. The van der Waals surface area contributed by atoms with Crippen LogP contribution in [0.25, 0.3) is 5.57 Å². The van der Waals surface area contributed by atoms with Crippen LogP contribution in [-0.4, -0.2) is 54.0 Å². The van der Waals surface area contributed by atoms with Gasteiger partial charge in [-0.05, 0) is 109 Å². The van der Waals surface area contributed by atoms with Crippen LogP contribution in [0.15, 0.2) is 48.0 Å². The fourth-order valence-electron chi connectivity index (χ4n) is 6.66. The Morgan fingerprint density at radius 2 is 1.83 bits per heavy atom. The molecule has 2 unspecified atom stereocenters. The van der Waals surface area contributed by atoms with Crippen LogP contribution in [0.4, 0.5) is 4.39 Å². The number of aromatic carboxylic acids is 1. The molecule has 0 amide bonds. The first-order valence-electron chi connectivity index (χ1n) is 13.6. The Labute approximate surface area is 213 Å². The normalized spacial score (nSPS) is 22.8. The Kier molecular flexibility index (Phi) is 7.87. The van der Waals surface area contributed by atoms with Crippen LogP contribution in [0.5, 0.6) is 0 Å². The summed E-state index contributed by atoms with van der Waals surface area (Å²) in [7, 11) is 0. The van der Waals surface area contributed by atoms with Crippen molar-refractivity contribution in [1.29, 1.82) is 0 Å². The Hall–Kier alpha value is -2.50. The van der Waals surface area contributed by atoms with E-state index in [0.717, 1.165) is 70.1 Å². The van der Waals surface area contributed by atoms with Crippen molar-refractivity contribution in [3.63, 3.8) is 0 Å². The molecule has 2 aliphatic carbocycles. The minimum Gasteiger partial charge on any atom is -0.478 e. The number of hydrogen-bond donors (Lipinski definition) is 2. The molecule has 1 heterocycles. The zero-order valence-electron chi connectivity index (χ0n) is 21.1. The van der Waals surface area contributed by atoms with Crippen molar-refractivity contribution < 1.29 is 19.4 Å². The predicted molar refractivity (Wildman–Crippen MR) is 141 cm³/mol. The van der Waals surface area contributed by atoms with Crippen LogP contribution in [0.1, 0.15) is 71.1 Å². The summed E-state index contributed by atoms with van der Waals surface area (Å²) in [6, 6.07) is 14.6. The average Bonchev–Trinajstić information content (AvgIpc) is 3.26. The summed E-state index contributed by atoms with van der Waals surface area (Å²) >= 11 is 0. The van der Waals surface area contributed by atoms with Gasteiger partial charge in [0.25, 0.3) is 0 Å². The zero-order valence-corrected chi connectivity index (χ0v) is 21.1. The van der Waals surface area contributed by atoms with Crippen molar-refractivity contribution >= 4 is 11.5 Å². The SMILES string of the molecule is O=C(O)c1ccc2c(c1)CCCC(C1CCC(CO)C1)=C2c1ccc(CC2CN(CCCF)C2)cc1. The van der Waals surface area contributed by atoms with E-state index < -0.39 is 5.97 Å². The number of nitrogens with zero attached hydrogens (tertiary/aromatic N) is 1. The molecular formula is C31H38FNO3. The molecule has 2 N–H and O–H groups in total. The van der Waals surface area contributed by atoms with Crippen LogP contribution in [0.3, 0.4) is 0 Å². The Morgan fingerprint density at radius 3 is 2.53 bits per heavy atom. The van der Waals surface area contributed by atoms with E-state index in [2.05, 4.69) is 29.2 Å². The van der Waals surface area contributed by atoms with Crippen LogP contribution >= 0.6 is 0 Å². The number of allylic oxidation sites excluding steroid dienone is 1. The highest BCUT2D eigenvalue weighted by atomic mass is 19.1. The Bertz CT molecular complexity index is 1100. The minimum absolute atomic E-state index is 0.233. The molecule has 4 nitrogen and oxygen atoms in total. The van der Waals surface area contributed by atoms with E-state index in [0.29, 0.717) is 29.7 Å². The van der Waals surface area contributed by atoms with Gasteiger partial charge in [0.2, 0.25) is 0 Å². The van der Waals surface area contributed by atoms with Gasteiger partial charge in [-0.2, -0.15) is 0 Å². The molecule has 0 radical (unpaired) electrons. The molecular weight excluding hydrogens is 453 g/mol. The molecule has 2 atom stereocenters. The van der Waals surface area contributed by atoms with Crippen molar-refractivity contribution in [3.05, 3.63) is 75.9 Å². The van der Waals surface area contributed by atoms with Gasteiger partial charge >= 0.3 is 5.97 Å². The van der Waals surface area contributed by atoms with Gasteiger partial charge in [0.1, 0.15) is 0 Å². The number of likely N-dealkylation sites (tertiary alicyclic amines) is 1. The fourth-order valence-corrected chi connectivity index (χ4v) is 6.66. The number of benzene rings is 2. The first kappa shape index (κ1) is 25.2. The quantitative estimate of drug-likeness (QED) is 0.468. The van der Waals surface area contributed by atoms with Gasteiger partial charge in [0.05, 0.1) is 12.2 Å². The van der Waals surface area contributed by atoms with E-state index in [1.807, 2.05) is 12.1 Å². The first-order valence-corrected chi connectivity index (χ1v) is 13.6. The number of hydrogen-bond acceptors (Lipinski definition) is 3. The van der Waals surface area contributed by atoms with Crippen LogP contribution in [-0.2, 0) is 12.8 Å². The van der Waals surface area contributed by atoms with E-state index in [1.165, 1.54) is 27.8 Å². The first-order chi connectivity index (χ1) is 17.6. The highest BCUT2D eigenvalue weighted by Gasteiger charge is 2.31. The number of carboxylic acids is 1. The summed E-state index contributed by atoms with van der Waals surface area (Å²) in [5.74, 6) is 0.632. The molecule has 5 rings (SSSR count). The monoisotopic (exact) mass is 491 g/mol. The number of carboxylic acid groups (broad SMARTS) is 1. The minimum atomic E-state index is -0.877. The largest absolute Gasteiger partial charge is 0.478 e. The summed E-state index contributed by atoms with van der Waals surface area (Å²) in [6.07, 6.45) is 7.85. The number of carbonyl (C=O) groups is 1. The maximum atomic E-state index is 12.4. The zero-order chi connectivity index (χ0) is 25.1. The van der Waals surface area contributed by atoms with E-state index in [-0.39, 0.29) is 13.3 Å². The van der Waals surface area contributed by atoms with Crippen LogP contribution in [0.2, 0.25) is 0 Å². The highest BCUT2D eigenvalue weighted by Crippen LogP contribution is 2.45. The lowest BCUT2D eigenvalue weighted by Crippen LogP contribution is -2.47. The summed E-state index contributed by atoms with van der Waals surface area (Å²) in [6.45, 7) is 3.01. The van der Waals surface area contributed by atoms with Crippen molar-refractivity contribution in [2.75, 3.05) is 32.9 Å². The number of aliphatic hydroxyl groups excluding tert-OH is 1. The number of alkyl halides is 1. The number of aryl methyl sites for hydroxylation is 1. The molecule has 2 aromatic rings. The molecule has 0 spiro atoms. The number of fused-ring (bicyclic) bond motifs is 1. The second-order valence-electron chi connectivity index (χ2n) is 11.1. The van der Waals surface area contributed by atoms with Crippen molar-refractivity contribution in [2.24, 2.45) is 17.8 Å². The third-order valence-electron chi connectivity index (χ3n) is 8.53. The standard InChI is InChI=1S/C31H38FNO3/c32-13-2-14-33-18-23(19-33)15-21-5-8-24(9-6-21)30-28(26-10-7-22(16-26)20-34)4-1-3-25-17-27(31(35)36)11-12-29(25)30/h5-6,8-9,11-12,17,22-23,26,34H,1-4,7,10,13-16,18-20H2,(H,35,36). The van der Waals surface area contributed by atoms with Gasteiger partial charge in [0.15, 0.2) is 0 Å². The Morgan fingerprint density at radius 1 is 1.03 bits per heavy atom. The molecule has 36 heavy (non-hydrogen) atoms. The molecule has 2 fully saturated rings. The topological polar surface area (TPSA) is 60.8 Å². The van der Waals surface area contributed by atoms with Crippen molar-refractivity contribution in [3.8, 4) is 0 Å². The molecule has 192 valence electrons. The van der Waals surface area contributed by atoms with E-state index in [9.17, 15) is 19.4 Å². The molecule has 0 bridgehead atoms. The van der Waals surface area contributed by atoms with Gasteiger partial charge in [-0.25, -0.2) is 4.79 Å². The predicted octanol–water partition coefficient (Wildman–Crippen LogP) is 5.77. The van der Waals surface area contributed by atoms with Crippen molar-refractivity contribution in [2.45, 2.75) is 51.4 Å².